The molecule has 0 saturated carbocycles. The number of pyridine rings is 1. The highest BCUT2D eigenvalue weighted by Gasteiger charge is 2.11. The van der Waals surface area contributed by atoms with Gasteiger partial charge >= 0.3 is 0 Å². The van der Waals surface area contributed by atoms with Crippen molar-refractivity contribution >= 4 is 33.3 Å². The van der Waals surface area contributed by atoms with Gasteiger partial charge in [-0.25, -0.2) is 9.97 Å². The van der Waals surface area contributed by atoms with Gasteiger partial charge in [0, 0.05) is 24.2 Å². The lowest BCUT2D eigenvalue weighted by Gasteiger charge is -2.04. The van der Waals surface area contributed by atoms with Gasteiger partial charge in [0.05, 0.1) is 10.2 Å². The molecule has 4 rings (SSSR count). The number of aromatic nitrogens is 3. The second-order valence-corrected chi connectivity index (χ2v) is 6.45. The number of nitrogens with zero attached hydrogens (tertiary/aromatic N) is 3. The lowest BCUT2D eigenvalue weighted by Crippen LogP contribution is -2.12. The predicted octanol–water partition coefficient (Wildman–Crippen LogP) is 4.04. The molecule has 0 radical (unpaired) electrons. The van der Waals surface area contributed by atoms with Gasteiger partial charge in [-0.3, -0.25) is 4.79 Å². The fourth-order valence-electron chi connectivity index (χ4n) is 2.42. The number of rotatable bonds is 3. The van der Waals surface area contributed by atoms with Crippen molar-refractivity contribution in [3.63, 3.8) is 0 Å². The molecule has 118 valence electrons. The van der Waals surface area contributed by atoms with Crippen LogP contribution in [0.3, 0.4) is 0 Å². The van der Waals surface area contributed by atoms with Crippen molar-refractivity contribution in [2.45, 2.75) is 6.92 Å². The number of fused-ring (bicyclic) bond motifs is 1. The van der Waals surface area contributed by atoms with E-state index < -0.39 is 0 Å². The number of thiazole rings is 1. The summed E-state index contributed by atoms with van der Waals surface area (Å²) in [5, 5.41) is 3.71. The normalized spacial score (nSPS) is 10.9. The molecule has 1 amide bonds. The molecule has 0 fully saturated rings. The van der Waals surface area contributed by atoms with Crippen molar-refractivity contribution in [2.75, 3.05) is 5.32 Å². The van der Waals surface area contributed by atoms with Crippen LogP contribution in [0.25, 0.3) is 15.3 Å². The molecule has 4 aromatic rings. The van der Waals surface area contributed by atoms with E-state index in [1.165, 1.54) is 0 Å². The first-order valence-electron chi connectivity index (χ1n) is 7.47. The Morgan fingerprint density at radius 3 is 2.79 bits per heavy atom. The third kappa shape index (κ3) is 2.79. The third-order valence-electron chi connectivity index (χ3n) is 3.62. The number of hydrogen-bond acceptors (Lipinski definition) is 4. The maximum atomic E-state index is 12.4. The van der Waals surface area contributed by atoms with Crippen LogP contribution in [0.2, 0.25) is 0 Å². The maximum absolute atomic E-state index is 12.4. The molecule has 0 aliphatic carbocycles. The van der Waals surface area contributed by atoms with Crippen molar-refractivity contribution in [1.82, 2.24) is 14.5 Å². The minimum Gasteiger partial charge on any atom is -0.307 e. The van der Waals surface area contributed by atoms with Gasteiger partial charge in [0.15, 0.2) is 5.13 Å². The van der Waals surface area contributed by atoms with Crippen LogP contribution in [0.5, 0.6) is 0 Å². The van der Waals surface area contributed by atoms with Gasteiger partial charge in [0.1, 0.15) is 5.82 Å². The highest BCUT2D eigenvalue weighted by atomic mass is 32.1. The standard InChI is InChI=1S/C18H14N4OS/c1-12-6-7-19-16(10-12)21-17(23)13-4-5-14-15(11-13)24-18(20-14)22-8-2-3-9-22/h2-11H,1H3,(H,19,21,23). The van der Waals surface area contributed by atoms with Crippen LogP contribution in [0.4, 0.5) is 5.82 Å². The van der Waals surface area contributed by atoms with Crippen LogP contribution in [-0.4, -0.2) is 20.4 Å². The van der Waals surface area contributed by atoms with Gasteiger partial charge in [-0.2, -0.15) is 0 Å². The summed E-state index contributed by atoms with van der Waals surface area (Å²) >= 11 is 1.55. The second-order valence-electron chi connectivity index (χ2n) is 5.44. The number of carbonyl (C=O) groups excluding carboxylic acids is 1. The van der Waals surface area contributed by atoms with E-state index in [4.69, 9.17) is 0 Å². The Balaban J connectivity index is 1.63. The highest BCUT2D eigenvalue weighted by molar-refractivity contribution is 7.20. The molecule has 3 aromatic heterocycles. The minimum atomic E-state index is -0.175. The molecule has 6 heteroatoms. The summed E-state index contributed by atoms with van der Waals surface area (Å²) in [5.41, 5.74) is 2.53. The minimum absolute atomic E-state index is 0.175. The van der Waals surface area contributed by atoms with E-state index in [0.29, 0.717) is 11.4 Å². The van der Waals surface area contributed by atoms with Gasteiger partial charge in [-0.15, -0.1) is 0 Å². The first-order valence-corrected chi connectivity index (χ1v) is 8.29. The molecule has 0 atom stereocenters. The zero-order valence-corrected chi connectivity index (χ0v) is 13.7. The Hall–Kier alpha value is -2.99. The zero-order chi connectivity index (χ0) is 16.5. The van der Waals surface area contributed by atoms with Crippen LogP contribution in [0.15, 0.2) is 61.1 Å². The number of hydrogen-bond donors (Lipinski definition) is 1. The summed E-state index contributed by atoms with van der Waals surface area (Å²) in [4.78, 5) is 21.2. The summed E-state index contributed by atoms with van der Waals surface area (Å²) < 4.78 is 2.93. The van der Waals surface area contributed by atoms with Gasteiger partial charge < -0.3 is 9.88 Å². The van der Waals surface area contributed by atoms with Crippen molar-refractivity contribution < 1.29 is 4.79 Å². The molecule has 0 unspecified atom stereocenters. The average molecular weight is 334 g/mol. The van der Waals surface area contributed by atoms with Crippen molar-refractivity contribution in [3.05, 3.63) is 72.2 Å². The van der Waals surface area contributed by atoms with Gasteiger partial charge in [0.25, 0.3) is 5.91 Å². The molecule has 5 nitrogen and oxygen atoms in total. The van der Waals surface area contributed by atoms with Crippen LogP contribution in [0.1, 0.15) is 15.9 Å². The Morgan fingerprint density at radius 1 is 1.17 bits per heavy atom. The SMILES string of the molecule is Cc1ccnc(NC(=O)c2ccc3nc(-n4cccc4)sc3c2)c1. The van der Waals surface area contributed by atoms with Gasteiger partial charge in [-0.05, 0) is 55.0 Å². The first-order chi connectivity index (χ1) is 11.7. The monoisotopic (exact) mass is 334 g/mol. The van der Waals surface area contributed by atoms with Crippen LogP contribution < -0.4 is 5.32 Å². The number of nitrogens with one attached hydrogen (secondary N) is 1. The fraction of sp³-hybridized carbons (Fsp3) is 0.0556. The second kappa shape index (κ2) is 5.90. The number of aryl methyl sites for hydroxylation is 1. The quantitative estimate of drug-likeness (QED) is 0.615. The van der Waals surface area contributed by atoms with Crippen LogP contribution in [-0.2, 0) is 0 Å². The Morgan fingerprint density at radius 2 is 2.00 bits per heavy atom. The van der Waals surface area contributed by atoms with E-state index in [0.717, 1.165) is 20.9 Å². The highest BCUT2D eigenvalue weighted by Crippen LogP contribution is 2.26. The lowest BCUT2D eigenvalue weighted by molar-refractivity contribution is 0.102. The summed E-state index contributed by atoms with van der Waals surface area (Å²) in [7, 11) is 0. The first kappa shape index (κ1) is 14.6. The molecule has 0 aliphatic rings. The molecule has 0 aliphatic heterocycles. The number of benzene rings is 1. The van der Waals surface area contributed by atoms with Gasteiger partial charge in [-0.1, -0.05) is 11.3 Å². The molecule has 1 aromatic carbocycles. The zero-order valence-electron chi connectivity index (χ0n) is 12.9. The van der Waals surface area contributed by atoms with Crippen LogP contribution in [0, 0.1) is 6.92 Å². The van der Waals surface area contributed by atoms with Crippen LogP contribution >= 0.6 is 11.3 Å². The van der Waals surface area contributed by atoms with Gasteiger partial charge in [0.2, 0.25) is 0 Å². The maximum Gasteiger partial charge on any atom is 0.256 e. The Kier molecular flexibility index (Phi) is 3.59. The molecule has 0 spiro atoms. The van der Waals surface area contributed by atoms with E-state index in [9.17, 15) is 4.79 Å². The van der Waals surface area contributed by atoms with Crippen molar-refractivity contribution in [2.24, 2.45) is 0 Å². The van der Waals surface area contributed by atoms with Crippen molar-refractivity contribution in [3.8, 4) is 5.13 Å². The van der Waals surface area contributed by atoms with E-state index in [-0.39, 0.29) is 5.91 Å². The fourth-order valence-corrected chi connectivity index (χ4v) is 3.39. The Labute approximate surface area is 142 Å². The molecular weight excluding hydrogens is 320 g/mol. The summed E-state index contributed by atoms with van der Waals surface area (Å²) in [6.07, 6.45) is 5.59. The van der Waals surface area contributed by atoms with E-state index in [2.05, 4.69) is 15.3 Å². The summed E-state index contributed by atoms with van der Waals surface area (Å²) in [6.45, 7) is 1.96. The summed E-state index contributed by atoms with van der Waals surface area (Å²) in [6, 6.07) is 13.2. The lowest BCUT2D eigenvalue weighted by atomic mass is 10.2. The molecule has 3 heterocycles. The smallest absolute Gasteiger partial charge is 0.256 e. The molecular formula is C18H14N4OS. The molecule has 1 N–H and O–H groups in total. The Bertz CT molecular complexity index is 1020. The largest absolute Gasteiger partial charge is 0.307 e. The van der Waals surface area contributed by atoms with E-state index >= 15 is 0 Å². The topological polar surface area (TPSA) is 59.8 Å². The third-order valence-corrected chi connectivity index (χ3v) is 4.65. The molecule has 0 bridgehead atoms. The number of amides is 1. The average Bonchev–Trinajstić information content (AvgIpc) is 3.23. The van der Waals surface area contributed by atoms with E-state index in [1.54, 1.807) is 23.6 Å². The summed E-state index contributed by atoms with van der Waals surface area (Å²) in [5.74, 6) is 0.378. The molecule has 0 saturated heterocycles. The van der Waals surface area contributed by atoms with Crippen molar-refractivity contribution in [1.29, 1.82) is 0 Å². The predicted molar refractivity (Wildman–Crippen MR) is 95.9 cm³/mol. The number of carbonyl (C=O) groups is 1. The van der Waals surface area contributed by atoms with E-state index in [1.807, 2.05) is 60.3 Å². The molecule has 24 heavy (non-hydrogen) atoms. The number of anilines is 1.